The van der Waals surface area contributed by atoms with Gasteiger partial charge in [0.1, 0.15) is 19.0 Å². The van der Waals surface area contributed by atoms with Crippen LogP contribution < -0.4 is 11.3 Å². The molecule has 0 bridgehead atoms. The number of ether oxygens (including phenoxy) is 1. The Kier molecular flexibility index (Phi) is 4.14. The van der Waals surface area contributed by atoms with Gasteiger partial charge in [0.2, 0.25) is 0 Å². The minimum atomic E-state index is -0.568. The maximum Gasteiger partial charge on any atom is 0.326 e. The molecule has 1 aromatic carbocycles. The fourth-order valence-electron chi connectivity index (χ4n) is 1.60. The van der Waals surface area contributed by atoms with Gasteiger partial charge in [0.25, 0.3) is 5.56 Å². The van der Waals surface area contributed by atoms with Gasteiger partial charge in [0, 0.05) is 18.0 Å². The van der Waals surface area contributed by atoms with Gasteiger partial charge in [0.15, 0.2) is 0 Å². The molecule has 20 heavy (non-hydrogen) atoms. The van der Waals surface area contributed by atoms with Gasteiger partial charge in [-0.25, -0.2) is 4.39 Å². The van der Waals surface area contributed by atoms with Crippen molar-refractivity contribution in [2.75, 3.05) is 5.73 Å². The minimum Gasteiger partial charge on any atom is -0.459 e. The molecule has 0 aliphatic carbocycles. The van der Waals surface area contributed by atoms with Crippen molar-refractivity contribution >= 4 is 11.7 Å². The lowest BCUT2D eigenvalue weighted by atomic mass is 10.2. The second-order valence-electron chi connectivity index (χ2n) is 4.22. The van der Waals surface area contributed by atoms with Crippen LogP contribution in [0.25, 0.3) is 0 Å². The Hall–Kier alpha value is -2.63. The lowest BCUT2D eigenvalue weighted by Crippen LogP contribution is -2.24. The Morgan fingerprint density at radius 2 is 1.90 bits per heavy atom. The molecular weight excluding hydrogens is 263 g/mol. The summed E-state index contributed by atoms with van der Waals surface area (Å²) in [6, 6.07) is 8.35. The second kappa shape index (κ2) is 6.01. The summed E-state index contributed by atoms with van der Waals surface area (Å²) in [6.45, 7) is -0.193. The second-order valence-corrected chi connectivity index (χ2v) is 4.22. The zero-order valence-electron chi connectivity index (χ0n) is 10.6. The maximum absolute atomic E-state index is 12.7. The fourth-order valence-corrected chi connectivity index (χ4v) is 1.60. The average molecular weight is 276 g/mol. The van der Waals surface area contributed by atoms with Gasteiger partial charge in [-0.1, -0.05) is 12.1 Å². The molecule has 1 aromatic heterocycles. The number of aromatic nitrogens is 1. The van der Waals surface area contributed by atoms with Crippen LogP contribution in [-0.4, -0.2) is 10.5 Å². The largest absolute Gasteiger partial charge is 0.459 e. The van der Waals surface area contributed by atoms with Crippen LogP contribution in [0.5, 0.6) is 0 Å². The molecule has 6 heteroatoms. The Labute approximate surface area is 114 Å². The molecule has 1 heterocycles. The molecule has 0 amide bonds. The van der Waals surface area contributed by atoms with Crippen LogP contribution in [0.1, 0.15) is 5.56 Å². The van der Waals surface area contributed by atoms with Gasteiger partial charge in [-0.15, -0.1) is 0 Å². The quantitative estimate of drug-likeness (QED) is 0.854. The van der Waals surface area contributed by atoms with Crippen LogP contribution in [0.4, 0.5) is 10.1 Å². The Balaban J connectivity index is 1.94. The number of nitrogens with two attached hydrogens (primary N) is 1. The first-order valence-corrected chi connectivity index (χ1v) is 5.90. The molecule has 104 valence electrons. The molecule has 0 saturated heterocycles. The van der Waals surface area contributed by atoms with Crippen LogP contribution >= 0.6 is 0 Å². The standard InChI is InChI=1S/C14H13FN2O3/c15-11-3-1-10(2-4-11)9-20-14(19)8-17-7-12(16)5-6-13(17)18/h1-7H,8-9,16H2. The van der Waals surface area contributed by atoms with E-state index < -0.39 is 5.97 Å². The monoisotopic (exact) mass is 276 g/mol. The average Bonchev–Trinajstić information content (AvgIpc) is 2.42. The number of pyridine rings is 1. The first-order chi connectivity index (χ1) is 9.54. The van der Waals surface area contributed by atoms with Gasteiger partial charge in [-0.3, -0.25) is 9.59 Å². The zero-order chi connectivity index (χ0) is 14.5. The first kappa shape index (κ1) is 13.8. The molecule has 2 aromatic rings. The highest BCUT2D eigenvalue weighted by Gasteiger charge is 2.06. The van der Waals surface area contributed by atoms with E-state index in [1.165, 1.54) is 47.2 Å². The molecule has 0 saturated carbocycles. The summed E-state index contributed by atoms with van der Waals surface area (Å²) in [6.07, 6.45) is 1.38. The van der Waals surface area contributed by atoms with Crippen LogP contribution in [0.3, 0.4) is 0 Å². The molecule has 0 radical (unpaired) electrons. The highest BCUT2D eigenvalue weighted by molar-refractivity contribution is 5.69. The van der Waals surface area contributed by atoms with Crippen LogP contribution in [-0.2, 0) is 22.7 Å². The number of carbonyl (C=O) groups excluding carboxylic acids is 1. The predicted molar refractivity (Wildman–Crippen MR) is 71.3 cm³/mol. The number of nitrogen functional groups attached to an aromatic ring is 1. The van der Waals surface area contributed by atoms with Crippen molar-refractivity contribution in [3.8, 4) is 0 Å². The molecule has 0 fully saturated rings. The molecule has 2 rings (SSSR count). The van der Waals surface area contributed by atoms with Crippen LogP contribution in [0.2, 0.25) is 0 Å². The summed E-state index contributed by atoms with van der Waals surface area (Å²) in [7, 11) is 0. The molecule has 0 atom stereocenters. The van der Waals surface area contributed by atoms with Gasteiger partial charge in [-0.05, 0) is 23.8 Å². The van der Waals surface area contributed by atoms with Crippen molar-refractivity contribution in [3.63, 3.8) is 0 Å². The van der Waals surface area contributed by atoms with E-state index in [0.717, 1.165) is 0 Å². The van der Waals surface area contributed by atoms with Crippen LogP contribution in [0, 0.1) is 5.82 Å². The van der Waals surface area contributed by atoms with Crippen molar-refractivity contribution in [2.45, 2.75) is 13.2 Å². The van der Waals surface area contributed by atoms with E-state index in [4.69, 9.17) is 10.5 Å². The first-order valence-electron chi connectivity index (χ1n) is 5.90. The van der Waals surface area contributed by atoms with Gasteiger partial charge in [0.05, 0.1) is 0 Å². The molecule has 0 spiro atoms. The lowest BCUT2D eigenvalue weighted by molar-refractivity contribution is -0.145. The van der Waals surface area contributed by atoms with E-state index in [1.54, 1.807) is 0 Å². The molecule has 0 aliphatic heterocycles. The van der Waals surface area contributed by atoms with Gasteiger partial charge >= 0.3 is 5.97 Å². The Bertz CT molecular complexity index is 665. The highest BCUT2D eigenvalue weighted by atomic mass is 19.1. The summed E-state index contributed by atoms with van der Waals surface area (Å²) >= 11 is 0. The van der Waals surface area contributed by atoms with E-state index >= 15 is 0 Å². The van der Waals surface area contributed by atoms with Crippen molar-refractivity contribution in [1.82, 2.24) is 4.57 Å². The summed E-state index contributed by atoms with van der Waals surface area (Å²) in [5, 5.41) is 0. The number of hydrogen-bond acceptors (Lipinski definition) is 4. The van der Waals surface area contributed by atoms with Crippen molar-refractivity contribution < 1.29 is 13.9 Å². The summed E-state index contributed by atoms with van der Waals surface area (Å²) in [5.74, 6) is -0.923. The minimum absolute atomic E-state index is 0.0240. The van der Waals surface area contributed by atoms with E-state index in [1.807, 2.05) is 0 Å². The van der Waals surface area contributed by atoms with E-state index in [9.17, 15) is 14.0 Å². The van der Waals surface area contributed by atoms with E-state index in [0.29, 0.717) is 11.3 Å². The number of rotatable bonds is 4. The van der Waals surface area contributed by atoms with Crippen molar-refractivity contribution in [2.24, 2.45) is 0 Å². The van der Waals surface area contributed by atoms with Gasteiger partial charge in [-0.2, -0.15) is 0 Å². The third kappa shape index (κ3) is 3.68. The van der Waals surface area contributed by atoms with E-state index in [2.05, 4.69) is 0 Å². The summed E-state index contributed by atoms with van der Waals surface area (Å²) < 4.78 is 18.9. The lowest BCUT2D eigenvalue weighted by Gasteiger charge is -2.07. The number of carbonyl (C=O) groups is 1. The van der Waals surface area contributed by atoms with Gasteiger partial charge < -0.3 is 15.0 Å². The number of nitrogens with zero attached hydrogens (tertiary/aromatic N) is 1. The highest BCUT2D eigenvalue weighted by Crippen LogP contribution is 2.04. The normalized spacial score (nSPS) is 10.2. The Morgan fingerprint density at radius 3 is 2.60 bits per heavy atom. The fraction of sp³-hybridized carbons (Fsp3) is 0.143. The number of benzene rings is 1. The maximum atomic E-state index is 12.7. The van der Waals surface area contributed by atoms with Crippen molar-refractivity contribution in [1.29, 1.82) is 0 Å². The number of anilines is 1. The zero-order valence-corrected chi connectivity index (χ0v) is 10.6. The SMILES string of the molecule is Nc1ccc(=O)n(CC(=O)OCc2ccc(F)cc2)c1. The molecule has 2 N–H and O–H groups in total. The predicted octanol–water partition coefficient (Wildman–Crippen LogP) is 1.31. The third-order valence-corrected chi connectivity index (χ3v) is 2.62. The molecule has 5 nitrogen and oxygen atoms in total. The number of hydrogen-bond donors (Lipinski definition) is 1. The summed E-state index contributed by atoms with van der Waals surface area (Å²) in [4.78, 5) is 23.1. The van der Waals surface area contributed by atoms with Crippen molar-refractivity contribution in [3.05, 3.63) is 64.3 Å². The number of esters is 1. The Morgan fingerprint density at radius 1 is 1.20 bits per heavy atom. The number of halogens is 1. The van der Waals surface area contributed by atoms with E-state index in [-0.39, 0.29) is 24.5 Å². The summed E-state index contributed by atoms with van der Waals surface area (Å²) in [5.41, 5.74) is 6.25. The topological polar surface area (TPSA) is 74.3 Å². The van der Waals surface area contributed by atoms with Crippen LogP contribution in [0.15, 0.2) is 47.4 Å². The molecular formula is C14H13FN2O3. The smallest absolute Gasteiger partial charge is 0.326 e. The third-order valence-electron chi connectivity index (χ3n) is 2.62. The molecule has 0 unspecified atom stereocenters. The molecule has 0 aliphatic rings.